The van der Waals surface area contributed by atoms with Crippen LogP contribution < -0.4 is 16.0 Å². The van der Waals surface area contributed by atoms with Gasteiger partial charge in [0, 0.05) is 36.4 Å². The molecule has 0 saturated carbocycles. The molecule has 25 heavy (non-hydrogen) atoms. The highest BCUT2D eigenvalue weighted by atomic mass is 35.5. The summed E-state index contributed by atoms with van der Waals surface area (Å²) < 4.78 is 0. The van der Waals surface area contributed by atoms with Gasteiger partial charge in [-0.25, -0.2) is 0 Å². The number of hydrogen-bond donors (Lipinski definition) is 2. The molecular weight excluding hydrogens is 334 g/mol. The molecule has 2 aromatic rings. The van der Waals surface area contributed by atoms with Crippen molar-refractivity contribution in [1.82, 2.24) is 5.32 Å². The molecule has 0 atom stereocenters. The molecule has 0 saturated heterocycles. The van der Waals surface area contributed by atoms with E-state index in [4.69, 9.17) is 5.73 Å². The lowest BCUT2D eigenvalue weighted by Gasteiger charge is -2.23. The SMILES string of the molecule is CCN(Cc1ccccc1)c1ccc(C(=O)NCC(C)(C)N)cc1.Cl. The predicted molar refractivity (Wildman–Crippen MR) is 107 cm³/mol. The van der Waals surface area contributed by atoms with Gasteiger partial charge >= 0.3 is 0 Å². The van der Waals surface area contributed by atoms with Crippen molar-refractivity contribution in [3.05, 3.63) is 65.7 Å². The van der Waals surface area contributed by atoms with E-state index in [0.29, 0.717) is 12.1 Å². The number of nitrogens with zero attached hydrogens (tertiary/aromatic N) is 1. The number of carbonyl (C=O) groups excluding carboxylic acids is 1. The van der Waals surface area contributed by atoms with Crippen molar-refractivity contribution in [1.29, 1.82) is 0 Å². The molecule has 0 radical (unpaired) electrons. The Balaban J connectivity index is 0.00000312. The summed E-state index contributed by atoms with van der Waals surface area (Å²) in [5.74, 6) is -0.0915. The Morgan fingerprint density at radius 3 is 2.20 bits per heavy atom. The smallest absolute Gasteiger partial charge is 0.251 e. The van der Waals surface area contributed by atoms with E-state index in [1.165, 1.54) is 5.56 Å². The minimum Gasteiger partial charge on any atom is -0.367 e. The van der Waals surface area contributed by atoms with Crippen LogP contribution in [0.3, 0.4) is 0 Å². The molecule has 0 aliphatic rings. The molecule has 0 aliphatic carbocycles. The summed E-state index contributed by atoms with van der Waals surface area (Å²) in [6.45, 7) is 8.11. The zero-order valence-electron chi connectivity index (χ0n) is 15.2. The maximum atomic E-state index is 12.2. The van der Waals surface area contributed by atoms with Gasteiger partial charge in [0.25, 0.3) is 5.91 Å². The van der Waals surface area contributed by atoms with Crippen LogP contribution in [0.5, 0.6) is 0 Å². The summed E-state index contributed by atoms with van der Waals surface area (Å²) in [5.41, 5.74) is 8.51. The van der Waals surface area contributed by atoms with Crippen LogP contribution in [0.25, 0.3) is 0 Å². The molecule has 1 amide bonds. The summed E-state index contributed by atoms with van der Waals surface area (Å²) in [7, 11) is 0. The van der Waals surface area contributed by atoms with Crippen LogP contribution in [0.2, 0.25) is 0 Å². The molecule has 0 aromatic heterocycles. The molecule has 136 valence electrons. The van der Waals surface area contributed by atoms with Crippen LogP contribution in [0.15, 0.2) is 54.6 Å². The molecule has 0 unspecified atom stereocenters. The van der Waals surface area contributed by atoms with Crippen molar-refractivity contribution in [3.8, 4) is 0 Å². The van der Waals surface area contributed by atoms with Gasteiger partial charge in [-0.3, -0.25) is 4.79 Å². The van der Waals surface area contributed by atoms with Gasteiger partial charge in [-0.2, -0.15) is 0 Å². The maximum Gasteiger partial charge on any atom is 0.251 e. The largest absolute Gasteiger partial charge is 0.367 e. The molecule has 2 aromatic carbocycles. The van der Waals surface area contributed by atoms with Gasteiger partial charge in [0.1, 0.15) is 0 Å². The van der Waals surface area contributed by atoms with E-state index in [0.717, 1.165) is 18.8 Å². The average molecular weight is 362 g/mol. The topological polar surface area (TPSA) is 58.4 Å². The van der Waals surface area contributed by atoms with Crippen molar-refractivity contribution in [2.75, 3.05) is 18.0 Å². The van der Waals surface area contributed by atoms with E-state index in [2.05, 4.69) is 41.4 Å². The van der Waals surface area contributed by atoms with Gasteiger partial charge in [-0.15, -0.1) is 12.4 Å². The van der Waals surface area contributed by atoms with Crippen molar-refractivity contribution >= 4 is 24.0 Å². The number of nitrogens with two attached hydrogens (primary N) is 1. The Labute approximate surface area is 156 Å². The van der Waals surface area contributed by atoms with Crippen LogP contribution in [-0.4, -0.2) is 24.5 Å². The summed E-state index contributed by atoms with van der Waals surface area (Å²) in [4.78, 5) is 14.4. The van der Waals surface area contributed by atoms with E-state index in [-0.39, 0.29) is 18.3 Å². The Hall–Kier alpha value is -2.04. The fourth-order valence-electron chi connectivity index (χ4n) is 2.42. The van der Waals surface area contributed by atoms with E-state index in [1.807, 2.05) is 44.2 Å². The van der Waals surface area contributed by atoms with E-state index >= 15 is 0 Å². The fourth-order valence-corrected chi connectivity index (χ4v) is 2.42. The molecule has 0 heterocycles. The van der Waals surface area contributed by atoms with Crippen LogP contribution in [0, 0.1) is 0 Å². The first-order chi connectivity index (χ1) is 11.4. The Kier molecular flexibility index (Phi) is 7.94. The van der Waals surface area contributed by atoms with Gasteiger partial charge in [-0.05, 0) is 50.6 Å². The van der Waals surface area contributed by atoms with E-state index < -0.39 is 5.54 Å². The Bertz CT molecular complexity index is 651. The summed E-state index contributed by atoms with van der Waals surface area (Å²) in [6, 6.07) is 18.1. The van der Waals surface area contributed by atoms with Crippen LogP contribution in [0.4, 0.5) is 5.69 Å². The molecule has 0 bridgehead atoms. The predicted octanol–water partition coefficient (Wildman–Crippen LogP) is 3.60. The number of rotatable bonds is 7. The van der Waals surface area contributed by atoms with Crippen LogP contribution >= 0.6 is 12.4 Å². The number of nitrogens with one attached hydrogen (secondary N) is 1. The van der Waals surface area contributed by atoms with E-state index in [9.17, 15) is 4.79 Å². The molecular formula is C20H28ClN3O. The first-order valence-electron chi connectivity index (χ1n) is 8.35. The monoisotopic (exact) mass is 361 g/mol. The van der Waals surface area contributed by atoms with Crippen LogP contribution in [0.1, 0.15) is 36.7 Å². The van der Waals surface area contributed by atoms with Crippen molar-refractivity contribution in [2.24, 2.45) is 5.73 Å². The van der Waals surface area contributed by atoms with Crippen molar-refractivity contribution in [3.63, 3.8) is 0 Å². The zero-order valence-corrected chi connectivity index (χ0v) is 16.0. The lowest BCUT2D eigenvalue weighted by atomic mass is 10.1. The Morgan fingerprint density at radius 2 is 1.68 bits per heavy atom. The number of benzene rings is 2. The van der Waals surface area contributed by atoms with Gasteiger partial charge in [-0.1, -0.05) is 30.3 Å². The van der Waals surface area contributed by atoms with Crippen molar-refractivity contribution in [2.45, 2.75) is 32.9 Å². The second kappa shape index (κ2) is 9.44. The third-order valence-electron chi connectivity index (χ3n) is 3.80. The lowest BCUT2D eigenvalue weighted by molar-refractivity contribution is 0.0946. The maximum absolute atomic E-state index is 12.2. The molecule has 0 fully saturated rings. The highest BCUT2D eigenvalue weighted by Crippen LogP contribution is 2.18. The number of amides is 1. The molecule has 5 heteroatoms. The molecule has 0 aliphatic heterocycles. The molecule has 0 spiro atoms. The third kappa shape index (κ3) is 6.77. The van der Waals surface area contributed by atoms with Crippen LogP contribution in [-0.2, 0) is 6.54 Å². The number of carbonyl (C=O) groups is 1. The second-order valence-corrected chi connectivity index (χ2v) is 6.72. The standard InChI is InChI=1S/C20H27N3O.ClH/c1-4-23(14-16-8-6-5-7-9-16)18-12-10-17(11-13-18)19(24)22-15-20(2,3)21;/h5-13H,4,14-15,21H2,1-3H3,(H,22,24);1H. The minimum absolute atomic E-state index is 0. The number of hydrogen-bond acceptors (Lipinski definition) is 3. The minimum atomic E-state index is -0.412. The van der Waals surface area contributed by atoms with Gasteiger partial charge in [0.15, 0.2) is 0 Å². The first kappa shape index (κ1) is 21.0. The van der Waals surface area contributed by atoms with Crippen molar-refractivity contribution < 1.29 is 4.79 Å². The molecule has 3 N–H and O–H groups in total. The number of halogens is 1. The summed E-state index contributed by atoms with van der Waals surface area (Å²) in [6.07, 6.45) is 0. The third-order valence-corrected chi connectivity index (χ3v) is 3.80. The summed E-state index contributed by atoms with van der Waals surface area (Å²) in [5, 5.41) is 2.86. The Morgan fingerprint density at radius 1 is 1.08 bits per heavy atom. The van der Waals surface area contributed by atoms with E-state index in [1.54, 1.807) is 0 Å². The summed E-state index contributed by atoms with van der Waals surface area (Å²) >= 11 is 0. The lowest BCUT2D eigenvalue weighted by Crippen LogP contribution is -2.45. The highest BCUT2D eigenvalue weighted by molar-refractivity contribution is 5.94. The van der Waals surface area contributed by atoms with Gasteiger partial charge in [0.05, 0.1) is 0 Å². The van der Waals surface area contributed by atoms with Gasteiger partial charge in [0.2, 0.25) is 0 Å². The average Bonchev–Trinajstić information content (AvgIpc) is 2.58. The molecule has 2 rings (SSSR count). The first-order valence-corrected chi connectivity index (χ1v) is 8.35. The highest BCUT2D eigenvalue weighted by Gasteiger charge is 2.13. The zero-order chi connectivity index (χ0) is 17.6. The second-order valence-electron chi connectivity index (χ2n) is 6.72. The normalized spacial score (nSPS) is 10.7. The molecule has 4 nitrogen and oxygen atoms in total. The quantitative estimate of drug-likeness (QED) is 0.792. The van der Waals surface area contributed by atoms with Gasteiger partial charge < -0.3 is 16.0 Å². The fraction of sp³-hybridized carbons (Fsp3) is 0.350. The number of anilines is 1.